The first kappa shape index (κ1) is 52.1. The molecule has 77 heavy (non-hydrogen) atoms. The van der Waals surface area contributed by atoms with E-state index in [9.17, 15) is 19.8 Å². The number of aromatic nitrogens is 7. The number of hydrogen-bond donors (Lipinski definition) is 4. The van der Waals surface area contributed by atoms with Crippen LogP contribution in [0.5, 0.6) is 17.5 Å². The number of likely N-dealkylation sites (tertiary alicyclic amines) is 2. The normalized spacial score (nSPS) is 23.5. The number of nitrogen functional groups attached to an aromatic ring is 1. The van der Waals surface area contributed by atoms with Crippen molar-refractivity contribution in [1.29, 1.82) is 0 Å². The number of piperidine rings is 1. The Labute approximate surface area is 451 Å². The summed E-state index contributed by atoms with van der Waals surface area (Å²) < 4.78 is 24.7. The van der Waals surface area contributed by atoms with Gasteiger partial charge in [0.15, 0.2) is 11.6 Å². The van der Waals surface area contributed by atoms with Crippen LogP contribution >= 0.6 is 11.3 Å². The molecule has 5 fully saturated rings. The molecule has 5 aliphatic rings. The first-order chi connectivity index (χ1) is 37.3. The Morgan fingerprint density at radius 3 is 2.40 bits per heavy atom. The number of phenolic OH excluding ortho intramolecular Hbond substituents is 1. The molecule has 0 radical (unpaired) electrons. The molecule has 1 aromatic carbocycles. The molecule has 1 aliphatic carbocycles. The summed E-state index contributed by atoms with van der Waals surface area (Å²) in [4.78, 5) is 55.5. The zero-order chi connectivity index (χ0) is 53.3. The van der Waals surface area contributed by atoms with Crippen molar-refractivity contribution in [2.24, 2.45) is 5.92 Å². The lowest BCUT2D eigenvalue weighted by atomic mass is 9.91. The highest BCUT2D eigenvalue weighted by molar-refractivity contribution is 7.13. The number of carbonyl (C=O) groups is 2. The molecule has 2 amide bonds. The second-order valence-corrected chi connectivity index (χ2v) is 22.3. The van der Waals surface area contributed by atoms with Crippen LogP contribution in [0.1, 0.15) is 94.8 Å². The van der Waals surface area contributed by atoms with Gasteiger partial charge in [0.2, 0.25) is 17.7 Å². The van der Waals surface area contributed by atoms with E-state index in [2.05, 4.69) is 67.4 Å². The van der Waals surface area contributed by atoms with Gasteiger partial charge >= 0.3 is 0 Å². The largest absolute Gasteiger partial charge is 0.507 e. The number of fused-ring (bicyclic) bond motifs is 2. The summed E-state index contributed by atoms with van der Waals surface area (Å²) in [6.45, 7) is 12.0. The van der Waals surface area contributed by atoms with Gasteiger partial charge in [-0.1, -0.05) is 26.0 Å². The van der Waals surface area contributed by atoms with Crippen LogP contribution in [-0.4, -0.2) is 156 Å². The van der Waals surface area contributed by atoms with Crippen LogP contribution < -0.4 is 30.3 Å². The molecule has 4 aliphatic heterocycles. The predicted octanol–water partition coefficient (Wildman–Crippen LogP) is 5.94. The molecule has 2 bridgehead atoms. The number of phenols is 1. The number of nitrogens with one attached hydrogen (secondary N) is 1. The fraction of sp³-hybridized carbons (Fsp3) is 0.509. The standard InChI is InChI=1S/C55H67N13O8S/c1-31(2)51(55(72)67-29-37(69)20-46(67)54(71)61-32(3)43-25-59-44(26-58-43)52-33(4)60-30-77-52)48-24-50(64-76-48)73-18-17-65-15-12-38(13-16-65)74-39-21-40(22-39)75-49-19-34(11-14-57-49)68-35-9-10-36(68)28-66(27-35)45-23-42(62-63-53(45)56)41-7-5-6-8-47(41)70/h5-8,11,14,19,23-26,30-32,35-40,46,51,69-70H,9-10,12-13,15-18,20-22,27-29H2,1-4H3,(H2,56,63)(H,61,71)/t32-,35-,36?,37-,39?,40?,46+,51+/m1/s1. The fourth-order valence-electron chi connectivity index (χ4n) is 11.6. The van der Waals surface area contributed by atoms with E-state index >= 15 is 0 Å². The van der Waals surface area contributed by atoms with Gasteiger partial charge in [0.1, 0.15) is 36.1 Å². The highest BCUT2D eigenvalue weighted by atomic mass is 32.1. The van der Waals surface area contributed by atoms with E-state index in [1.165, 1.54) is 16.2 Å². The van der Waals surface area contributed by atoms with Crippen LogP contribution in [0.2, 0.25) is 0 Å². The second kappa shape index (κ2) is 22.5. The maximum atomic E-state index is 14.2. The van der Waals surface area contributed by atoms with Crippen molar-refractivity contribution >= 4 is 40.3 Å². The number of aliphatic hydroxyl groups excluding tert-OH is 1. The van der Waals surface area contributed by atoms with Gasteiger partial charge in [-0.05, 0) is 74.9 Å². The first-order valence-corrected chi connectivity index (χ1v) is 27.8. The number of thiazole rings is 1. The molecule has 6 atom stereocenters. The van der Waals surface area contributed by atoms with Crippen molar-refractivity contribution in [2.75, 3.05) is 61.4 Å². The van der Waals surface area contributed by atoms with Gasteiger partial charge in [0.25, 0.3) is 5.88 Å². The number of nitrogens with two attached hydrogens (primary N) is 1. The van der Waals surface area contributed by atoms with Gasteiger partial charge in [-0.25, -0.2) is 9.97 Å². The summed E-state index contributed by atoms with van der Waals surface area (Å²) in [7, 11) is 0. The van der Waals surface area contributed by atoms with Gasteiger partial charge in [0, 0.05) is 100 Å². The molecule has 6 aromatic rings. The average Bonchev–Trinajstić information content (AvgIpc) is 4.22. The third-order valence-electron chi connectivity index (χ3n) is 15.8. The van der Waals surface area contributed by atoms with Crippen LogP contribution in [0.4, 0.5) is 17.2 Å². The van der Waals surface area contributed by atoms with E-state index < -0.39 is 24.1 Å². The number of aromatic hydroxyl groups is 1. The lowest BCUT2D eigenvalue weighted by molar-refractivity contribution is -0.141. The summed E-state index contributed by atoms with van der Waals surface area (Å²) in [6, 6.07) is 14.1. The van der Waals surface area contributed by atoms with Crippen LogP contribution in [0.3, 0.4) is 0 Å². The molecule has 11 rings (SSSR count). The Bertz CT molecular complexity index is 3010. The summed E-state index contributed by atoms with van der Waals surface area (Å²) in [5.41, 5.74) is 13.5. The van der Waals surface area contributed by atoms with Gasteiger partial charge in [-0.3, -0.25) is 24.5 Å². The highest BCUT2D eigenvalue weighted by Crippen LogP contribution is 2.41. The van der Waals surface area contributed by atoms with Crippen LogP contribution in [0, 0.1) is 12.8 Å². The number of amides is 2. The van der Waals surface area contributed by atoms with E-state index in [1.807, 2.05) is 52.1 Å². The number of aryl methyl sites for hydroxylation is 1. The number of hydrogen-bond acceptors (Lipinski definition) is 20. The van der Waals surface area contributed by atoms with Crippen molar-refractivity contribution in [1.82, 2.24) is 50.4 Å². The van der Waals surface area contributed by atoms with Crippen molar-refractivity contribution < 1.29 is 38.5 Å². The maximum absolute atomic E-state index is 14.2. The number of carbonyl (C=O) groups excluding carboxylic acids is 2. The van der Waals surface area contributed by atoms with Gasteiger partial charge in [-0.15, -0.1) is 21.5 Å². The number of nitrogens with zero attached hydrogens (tertiary/aromatic N) is 11. The molecule has 9 heterocycles. The Morgan fingerprint density at radius 2 is 1.68 bits per heavy atom. The van der Waals surface area contributed by atoms with Gasteiger partial charge in [-0.2, -0.15) is 0 Å². The first-order valence-electron chi connectivity index (χ1n) is 26.9. The van der Waals surface area contributed by atoms with Gasteiger partial charge in [0.05, 0.1) is 69.9 Å². The monoisotopic (exact) mass is 1070 g/mol. The smallest absolute Gasteiger partial charge is 0.254 e. The van der Waals surface area contributed by atoms with Crippen molar-refractivity contribution in [3.63, 3.8) is 0 Å². The number of aliphatic hydroxyl groups is 1. The number of anilines is 3. The zero-order valence-corrected chi connectivity index (χ0v) is 44.7. The van der Waals surface area contributed by atoms with E-state index in [0.29, 0.717) is 59.1 Å². The molecule has 406 valence electrons. The van der Waals surface area contributed by atoms with Crippen LogP contribution in [-0.2, 0) is 14.3 Å². The maximum Gasteiger partial charge on any atom is 0.254 e. The van der Waals surface area contributed by atoms with E-state index in [4.69, 9.17) is 24.5 Å². The van der Waals surface area contributed by atoms with Crippen LogP contribution in [0.15, 0.2) is 77.2 Å². The van der Waals surface area contributed by atoms with E-state index in [-0.39, 0.29) is 66.8 Å². The number of pyridine rings is 1. The number of rotatable bonds is 18. The SMILES string of the molecule is Cc1ncsc1-c1cnc([C@@H](C)NC(=O)[C@@H]2C[C@@H](O)CN2C(=O)[C@H](c2cc(OCCN3CCC(OC4CC(Oc5cc(N6C7CC[C@@H]6CN(c6cc(-c8ccccc8O)nnc6N)C7)ccn5)C4)CC3)no2)C(C)C)cn1. The lowest BCUT2D eigenvalue weighted by Crippen LogP contribution is -2.54. The summed E-state index contributed by atoms with van der Waals surface area (Å²) in [5.74, 6) is 0.165. The zero-order valence-electron chi connectivity index (χ0n) is 43.9. The lowest BCUT2D eigenvalue weighted by Gasteiger charge is -2.43. The molecule has 1 saturated carbocycles. The minimum atomic E-state index is -0.878. The molecular weight excluding hydrogens is 1000 g/mol. The second-order valence-electron chi connectivity index (χ2n) is 21.4. The molecular formula is C55H67N13O8S. The van der Waals surface area contributed by atoms with Crippen LogP contribution in [0.25, 0.3) is 21.8 Å². The Kier molecular flexibility index (Phi) is 15.2. The number of piperazine rings is 1. The summed E-state index contributed by atoms with van der Waals surface area (Å²) >= 11 is 1.49. The number of para-hydroxylation sites is 1. The van der Waals surface area contributed by atoms with E-state index in [0.717, 1.165) is 86.6 Å². The number of ether oxygens (including phenoxy) is 3. The van der Waals surface area contributed by atoms with Gasteiger partial charge < -0.3 is 54.7 Å². The molecule has 22 heteroatoms. The topological polar surface area (TPSA) is 257 Å². The summed E-state index contributed by atoms with van der Waals surface area (Å²) in [5, 5.41) is 36.8. The third kappa shape index (κ3) is 11.4. The average molecular weight is 1070 g/mol. The predicted molar refractivity (Wildman–Crippen MR) is 287 cm³/mol. The quantitative estimate of drug-likeness (QED) is 0.0776. The minimum absolute atomic E-state index is 0.0249. The molecule has 5 aromatic heterocycles. The van der Waals surface area contributed by atoms with Crippen molar-refractivity contribution in [2.45, 2.75) is 127 Å². The third-order valence-corrected chi connectivity index (χ3v) is 16.8. The molecule has 0 spiro atoms. The summed E-state index contributed by atoms with van der Waals surface area (Å²) in [6.07, 6.45) is 10.4. The van der Waals surface area contributed by atoms with Crippen molar-refractivity contribution in [3.05, 3.63) is 89.8 Å². The molecule has 1 unspecified atom stereocenters. The molecule has 4 saturated heterocycles. The fourth-order valence-corrected chi connectivity index (χ4v) is 12.4. The Hall–Kier alpha value is -7.01. The Morgan fingerprint density at radius 1 is 0.883 bits per heavy atom. The molecule has 5 N–H and O–H groups in total. The Balaban J connectivity index is 0.601. The minimum Gasteiger partial charge on any atom is -0.507 e. The number of benzene rings is 1. The van der Waals surface area contributed by atoms with Crippen molar-refractivity contribution in [3.8, 4) is 39.3 Å². The molecule has 21 nitrogen and oxygen atoms in total. The number of β-amino-alcohol motifs (C(OH)–C–C–N with tert-alkyl or cyclic N) is 1. The van der Waals surface area contributed by atoms with E-state index in [1.54, 1.807) is 36.1 Å². The highest BCUT2D eigenvalue weighted by Gasteiger charge is 2.45.